The Morgan fingerprint density at radius 1 is 1.53 bits per heavy atom. The summed E-state index contributed by atoms with van der Waals surface area (Å²) in [5.74, 6) is -0.757. The van der Waals surface area contributed by atoms with E-state index in [1.807, 2.05) is 38.2 Å². The van der Waals surface area contributed by atoms with Crippen molar-refractivity contribution in [3.63, 3.8) is 0 Å². The lowest BCUT2D eigenvalue weighted by Gasteiger charge is -2.23. The minimum Gasteiger partial charge on any atom is -0.481 e. The van der Waals surface area contributed by atoms with Crippen molar-refractivity contribution in [1.82, 2.24) is 4.90 Å². The second-order valence-electron chi connectivity index (χ2n) is 4.31. The predicted octanol–water partition coefficient (Wildman–Crippen LogP) is 2.68. The Morgan fingerprint density at radius 3 is 2.82 bits per heavy atom. The molecule has 0 fully saturated rings. The van der Waals surface area contributed by atoms with Crippen LogP contribution in [0.2, 0.25) is 5.02 Å². The number of hydrogen-bond acceptors (Lipinski definition) is 2. The summed E-state index contributed by atoms with van der Waals surface area (Å²) in [4.78, 5) is 12.6. The van der Waals surface area contributed by atoms with Gasteiger partial charge in [0.1, 0.15) is 0 Å². The largest absolute Gasteiger partial charge is 0.481 e. The molecule has 0 spiro atoms. The molecule has 3 nitrogen and oxygen atoms in total. The Balaban J connectivity index is 2.42. The molecule has 0 bridgehead atoms. The van der Waals surface area contributed by atoms with Crippen LogP contribution in [0.25, 0.3) is 0 Å². The molecule has 0 saturated carbocycles. The number of aliphatic carboxylic acids is 1. The van der Waals surface area contributed by atoms with Crippen molar-refractivity contribution in [2.24, 2.45) is 0 Å². The highest BCUT2D eigenvalue weighted by Gasteiger charge is 2.12. The van der Waals surface area contributed by atoms with Crippen LogP contribution in [-0.4, -0.2) is 35.6 Å². The van der Waals surface area contributed by atoms with E-state index < -0.39 is 5.97 Å². The fraction of sp³-hybridized carbons (Fsp3) is 0.462. The first kappa shape index (κ1) is 14.0. The Kier molecular flexibility index (Phi) is 5.45. The number of carboxylic acid groups (broad SMARTS) is 1. The minimum absolute atomic E-state index is 0.0479. The zero-order valence-corrected chi connectivity index (χ0v) is 10.9. The van der Waals surface area contributed by atoms with Crippen LogP contribution in [0.4, 0.5) is 0 Å². The van der Waals surface area contributed by atoms with E-state index in [1.165, 1.54) is 5.56 Å². The molecule has 0 heterocycles. The maximum absolute atomic E-state index is 10.6. The van der Waals surface area contributed by atoms with Crippen LogP contribution in [0, 0.1) is 0 Å². The van der Waals surface area contributed by atoms with Gasteiger partial charge in [-0.2, -0.15) is 0 Å². The summed E-state index contributed by atoms with van der Waals surface area (Å²) in [5, 5.41) is 9.45. The van der Waals surface area contributed by atoms with Crippen LogP contribution in [0.15, 0.2) is 24.3 Å². The number of halogens is 1. The molecule has 0 aliphatic heterocycles. The van der Waals surface area contributed by atoms with Crippen LogP contribution in [0.3, 0.4) is 0 Å². The maximum atomic E-state index is 10.6. The van der Waals surface area contributed by atoms with E-state index in [-0.39, 0.29) is 12.5 Å². The fourth-order valence-electron chi connectivity index (χ4n) is 1.63. The molecule has 1 rings (SSSR count). The third-order valence-electron chi connectivity index (χ3n) is 2.86. The van der Waals surface area contributed by atoms with Gasteiger partial charge in [0.15, 0.2) is 0 Å². The van der Waals surface area contributed by atoms with Gasteiger partial charge in [-0.05, 0) is 38.1 Å². The minimum atomic E-state index is -0.757. The molecule has 0 saturated heterocycles. The quantitative estimate of drug-likeness (QED) is 0.850. The second kappa shape index (κ2) is 6.62. The van der Waals surface area contributed by atoms with Crippen molar-refractivity contribution in [1.29, 1.82) is 0 Å². The summed E-state index contributed by atoms with van der Waals surface area (Å²) in [7, 11) is 1.94. The molecule has 0 aromatic heterocycles. The first-order valence-corrected chi connectivity index (χ1v) is 6.03. The number of rotatable bonds is 6. The van der Waals surface area contributed by atoms with E-state index in [9.17, 15) is 4.79 Å². The van der Waals surface area contributed by atoms with Crippen molar-refractivity contribution in [3.05, 3.63) is 34.9 Å². The van der Waals surface area contributed by atoms with Gasteiger partial charge < -0.3 is 10.0 Å². The Bertz CT molecular complexity index is 381. The number of nitrogens with zero attached hydrogens (tertiary/aromatic N) is 1. The molecule has 4 heteroatoms. The molecule has 0 radical (unpaired) electrons. The molecule has 1 unspecified atom stereocenters. The van der Waals surface area contributed by atoms with Crippen molar-refractivity contribution in [3.8, 4) is 0 Å². The maximum Gasteiger partial charge on any atom is 0.304 e. The summed E-state index contributed by atoms with van der Waals surface area (Å²) in [6.07, 6.45) is 1.05. The number of benzene rings is 1. The Morgan fingerprint density at radius 2 is 2.24 bits per heavy atom. The molecule has 1 atom stereocenters. The number of carboxylic acids is 1. The first-order chi connectivity index (χ1) is 7.99. The lowest BCUT2D eigenvalue weighted by molar-refractivity contribution is -0.138. The molecule has 17 heavy (non-hydrogen) atoms. The topological polar surface area (TPSA) is 40.5 Å². The molecule has 0 aliphatic rings. The van der Waals surface area contributed by atoms with Gasteiger partial charge in [-0.3, -0.25) is 4.79 Å². The highest BCUT2D eigenvalue weighted by atomic mass is 35.5. The lowest BCUT2D eigenvalue weighted by atomic mass is 10.1. The average Bonchev–Trinajstić information content (AvgIpc) is 2.25. The third kappa shape index (κ3) is 5.20. The predicted molar refractivity (Wildman–Crippen MR) is 69.5 cm³/mol. The Labute approximate surface area is 107 Å². The normalized spacial score (nSPS) is 12.7. The SMILES string of the molecule is CC(CC(=O)O)N(C)CCc1cccc(Cl)c1. The summed E-state index contributed by atoms with van der Waals surface area (Å²) in [6, 6.07) is 7.80. The molecular weight excluding hydrogens is 238 g/mol. The van der Waals surface area contributed by atoms with E-state index >= 15 is 0 Å². The molecule has 94 valence electrons. The van der Waals surface area contributed by atoms with Gasteiger partial charge in [0.05, 0.1) is 6.42 Å². The first-order valence-electron chi connectivity index (χ1n) is 5.65. The van der Waals surface area contributed by atoms with Crippen LogP contribution in [-0.2, 0) is 11.2 Å². The van der Waals surface area contributed by atoms with Crippen molar-refractivity contribution >= 4 is 17.6 Å². The number of carbonyl (C=O) groups is 1. The van der Waals surface area contributed by atoms with Crippen molar-refractivity contribution in [2.45, 2.75) is 25.8 Å². The fourth-order valence-corrected chi connectivity index (χ4v) is 1.84. The van der Waals surface area contributed by atoms with Crippen molar-refractivity contribution < 1.29 is 9.90 Å². The van der Waals surface area contributed by atoms with Gasteiger partial charge in [-0.15, -0.1) is 0 Å². The van der Waals surface area contributed by atoms with Gasteiger partial charge in [0, 0.05) is 17.6 Å². The van der Waals surface area contributed by atoms with E-state index in [1.54, 1.807) is 0 Å². The molecule has 0 amide bonds. The van der Waals surface area contributed by atoms with E-state index in [0.29, 0.717) is 0 Å². The van der Waals surface area contributed by atoms with Crippen LogP contribution >= 0.6 is 11.6 Å². The standard InChI is InChI=1S/C13H18ClNO2/c1-10(8-13(16)17)15(2)7-6-11-4-3-5-12(14)9-11/h3-5,9-10H,6-8H2,1-2H3,(H,16,17). The monoisotopic (exact) mass is 255 g/mol. The van der Waals surface area contributed by atoms with E-state index in [0.717, 1.165) is 18.0 Å². The lowest BCUT2D eigenvalue weighted by Crippen LogP contribution is -2.32. The van der Waals surface area contributed by atoms with Gasteiger partial charge in [0.2, 0.25) is 0 Å². The summed E-state index contributed by atoms with van der Waals surface area (Å²) >= 11 is 5.90. The molecular formula is C13H18ClNO2. The zero-order valence-electron chi connectivity index (χ0n) is 10.2. The average molecular weight is 256 g/mol. The zero-order chi connectivity index (χ0) is 12.8. The van der Waals surface area contributed by atoms with Gasteiger partial charge in [-0.1, -0.05) is 23.7 Å². The van der Waals surface area contributed by atoms with E-state index in [4.69, 9.17) is 16.7 Å². The highest BCUT2D eigenvalue weighted by Crippen LogP contribution is 2.12. The smallest absolute Gasteiger partial charge is 0.304 e. The van der Waals surface area contributed by atoms with E-state index in [2.05, 4.69) is 4.90 Å². The highest BCUT2D eigenvalue weighted by molar-refractivity contribution is 6.30. The van der Waals surface area contributed by atoms with Crippen LogP contribution in [0.1, 0.15) is 18.9 Å². The van der Waals surface area contributed by atoms with Gasteiger partial charge in [-0.25, -0.2) is 0 Å². The van der Waals surface area contributed by atoms with Gasteiger partial charge >= 0.3 is 5.97 Å². The third-order valence-corrected chi connectivity index (χ3v) is 3.10. The summed E-state index contributed by atoms with van der Waals surface area (Å²) < 4.78 is 0. The van der Waals surface area contributed by atoms with Gasteiger partial charge in [0.25, 0.3) is 0 Å². The molecule has 0 aliphatic carbocycles. The summed E-state index contributed by atoms with van der Waals surface area (Å²) in [6.45, 7) is 2.75. The molecule has 1 aromatic rings. The summed E-state index contributed by atoms with van der Waals surface area (Å²) in [5.41, 5.74) is 1.17. The van der Waals surface area contributed by atoms with Crippen LogP contribution < -0.4 is 0 Å². The molecule has 1 aromatic carbocycles. The van der Waals surface area contributed by atoms with Crippen LogP contribution in [0.5, 0.6) is 0 Å². The number of likely N-dealkylation sites (N-methyl/N-ethyl adjacent to an activating group) is 1. The van der Waals surface area contributed by atoms with Crippen molar-refractivity contribution in [2.75, 3.05) is 13.6 Å². The second-order valence-corrected chi connectivity index (χ2v) is 4.74. The Hall–Kier alpha value is -1.06. The molecule has 1 N–H and O–H groups in total. The number of hydrogen-bond donors (Lipinski definition) is 1.